The maximum atomic E-state index is 11.1. The average Bonchev–Trinajstić information content (AvgIpc) is 3.49. The summed E-state index contributed by atoms with van der Waals surface area (Å²) in [5.41, 5.74) is 3.18. The number of hydrogen-bond acceptors (Lipinski definition) is 11. The Labute approximate surface area is 312 Å². The summed E-state index contributed by atoms with van der Waals surface area (Å²) in [5, 5.41) is 22.2. The molecule has 53 heavy (non-hydrogen) atoms. The van der Waals surface area contributed by atoms with Gasteiger partial charge in [0.25, 0.3) is 0 Å². The molecule has 0 aromatic heterocycles. The van der Waals surface area contributed by atoms with Gasteiger partial charge in [-0.05, 0) is 96.5 Å². The molecule has 1 saturated heterocycles. The first-order valence-electron chi connectivity index (χ1n) is 17.6. The lowest BCUT2D eigenvalue weighted by molar-refractivity contribution is 0.0281. The van der Waals surface area contributed by atoms with E-state index in [4.69, 9.17) is 42.6 Å². The third-order valence-electron chi connectivity index (χ3n) is 10.1. The highest BCUT2D eigenvalue weighted by molar-refractivity contribution is 5.48. The monoisotopic (exact) mass is 732 g/mol. The summed E-state index contributed by atoms with van der Waals surface area (Å²) >= 11 is 0. The van der Waals surface area contributed by atoms with Crippen LogP contribution in [0.3, 0.4) is 0 Å². The molecule has 1 aliphatic rings. The van der Waals surface area contributed by atoms with Crippen molar-refractivity contribution in [2.45, 2.75) is 64.3 Å². The van der Waals surface area contributed by atoms with Crippen LogP contribution in [0.2, 0.25) is 0 Å². The minimum Gasteiger partial charge on any atom is -0.493 e. The highest BCUT2D eigenvalue weighted by atomic mass is 16.5. The minimum atomic E-state index is -0.932. The lowest BCUT2D eigenvalue weighted by atomic mass is 9.85. The Morgan fingerprint density at radius 2 is 0.774 bits per heavy atom. The molecule has 5 rings (SSSR count). The van der Waals surface area contributed by atoms with E-state index in [0.29, 0.717) is 57.1 Å². The number of benzene rings is 4. The predicted molar refractivity (Wildman–Crippen MR) is 200 cm³/mol. The molecule has 286 valence electrons. The lowest BCUT2D eigenvalue weighted by Gasteiger charge is -2.24. The molecule has 2 N–H and O–H groups in total. The van der Waals surface area contributed by atoms with E-state index in [1.54, 1.807) is 92.9 Å². The van der Waals surface area contributed by atoms with E-state index in [1.807, 2.05) is 36.4 Å². The van der Waals surface area contributed by atoms with Gasteiger partial charge in [0.2, 0.25) is 0 Å². The van der Waals surface area contributed by atoms with Crippen molar-refractivity contribution in [1.29, 1.82) is 0 Å². The van der Waals surface area contributed by atoms with Crippen LogP contribution in [0.15, 0.2) is 72.8 Å². The number of rotatable bonds is 16. The van der Waals surface area contributed by atoms with Gasteiger partial charge in [-0.2, -0.15) is 0 Å². The molecule has 0 spiro atoms. The molecule has 0 saturated carbocycles. The van der Waals surface area contributed by atoms with Crippen molar-refractivity contribution in [2.24, 2.45) is 11.8 Å². The van der Waals surface area contributed by atoms with Crippen LogP contribution in [-0.4, -0.2) is 65.1 Å². The Morgan fingerprint density at radius 3 is 1.11 bits per heavy atom. The first-order valence-corrected chi connectivity index (χ1v) is 17.6. The van der Waals surface area contributed by atoms with Crippen molar-refractivity contribution in [1.82, 2.24) is 0 Å². The summed E-state index contributed by atoms with van der Waals surface area (Å²) < 4.78 is 52.2. The van der Waals surface area contributed by atoms with Gasteiger partial charge in [0.15, 0.2) is 46.0 Å². The summed E-state index contributed by atoms with van der Waals surface area (Å²) in [4.78, 5) is 0. The van der Waals surface area contributed by atoms with E-state index >= 15 is 0 Å². The zero-order valence-electron chi connectivity index (χ0n) is 32.1. The fourth-order valence-electron chi connectivity index (χ4n) is 6.78. The van der Waals surface area contributed by atoms with E-state index in [0.717, 1.165) is 11.1 Å². The SMILES string of the molecule is COc1ccc([C@H](O)C(C)Oc2ccc([C@H]3OC(c4ccc(O[C@H](C)[C@@H](O)c5ccc(OC)c(OC)c5)c(OC)c4)C(C)[C@H]3C)cc2OC)cc1OC. The van der Waals surface area contributed by atoms with E-state index in [2.05, 4.69) is 13.8 Å². The minimum absolute atomic E-state index is 0.167. The highest BCUT2D eigenvalue weighted by Gasteiger charge is 2.41. The van der Waals surface area contributed by atoms with Crippen LogP contribution in [0.1, 0.15) is 74.4 Å². The van der Waals surface area contributed by atoms with Gasteiger partial charge in [0.05, 0.1) is 54.9 Å². The second-order valence-corrected chi connectivity index (χ2v) is 13.3. The van der Waals surface area contributed by atoms with E-state index in [-0.39, 0.29) is 24.0 Å². The van der Waals surface area contributed by atoms with Gasteiger partial charge >= 0.3 is 0 Å². The highest BCUT2D eigenvalue weighted by Crippen LogP contribution is 2.51. The van der Waals surface area contributed by atoms with Gasteiger partial charge in [-0.15, -0.1) is 0 Å². The molecule has 0 amide bonds. The Bertz CT molecular complexity index is 1700. The summed E-state index contributed by atoms with van der Waals surface area (Å²) in [6.45, 7) is 7.96. The van der Waals surface area contributed by atoms with Crippen molar-refractivity contribution in [2.75, 3.05) is 42.7 Å². The molecule has 8 atom stereocenters. The van der Waals surface area contributed by atoms with Gasteiger partial charge < -0.3 is 52.8 Å². The summed E-state index contributed by atoms with van der Waals surface area (Å²) in [7, 11) is 9.43. The van der Waals surface area contributed by atoms with Crippen LogP contribution in [0.25, 0.3) is 0 Å². The van der Waals surface area contributed by atoms with Crippen LogP contribution in [0.5, 0.6) is 46.0 Å². The van der Waals surface area contributed by atoms with E-state index < -0.39 is 24.4 Å². The molecule has 4 aromatic rings. The first kappa shape index (κ1) is 39.4. The van der Waals surface area contributed by atoms with Crippen LogP contribution in [-0.2, 0) is 4.74 Å². The molecule has 3 unspecified atom stereocenters. The van der Waals surface area contributed by atoms with Crippen LogP contribution in [0.4, 0.5) is 0 Å². The number of aliphatic hydroxyl groups is 2. The van der Waals surface area contributed by atoms with Crippen molar-refractivity contribution in [3.63, 3.8) is 0 Å². The maximum Gasteiger partial charge on any atom is 0.161 e. The standard InChI is InChI=1S/C42H52O11/c1-23-24(2)42(30-14-18-34(38(22-30)50-10)52-26(4)40(44)28-12-16-32(46-6)36(20-28)48-8)53-41(23)29-13-17-33(37(21-29)49-9)51-25(3)39(43)27-11-15-31(45-5)35(19-27)47-7/h11-26,39-44H,1-10H3/t23-,24?,25?,26-,39-,40-,41+,42?/m1/s1. The molecule has 4 aromatic carbocycles. The fraction of sp³-hybridized carbons (Fsp3) is 0.429. The molecule has 11 nitrogen and oxygen atoms in total. The lowest BCUT2D eigenvalue weighted by Crippen LogP contribution is -2.22. The molecular formula is C42H52O11. The molecule has 11 heteroatoms. The van der Waals surface area contributed by atoms with Crippen molar-refractivity contribution in [3.05, 3.63) is 95.1 Å². The number of ether oxygens (including phenoxy) is 9. The topological polar surface area (TPSA) is 124 Å². The Morgan fingerprint density at radius 1 is 0.453 bits per heavy atom. The average molecular weight is 733 g/mol. The Balaban J connectivity index is 1.29. The predicted octanol–water partition coefficient (Wildman–Crippen LogP) is 7.82. The zero-order chi connectivity index (χ0) is 38.4. The second kappa shape index (κ2) is 17.3. The first-order chi connectivity index (χ1) is 25.5. The molecule has 1 heterocycles. The Kier molecular flexibility index (Phi) is 12.9. The van der Waals surface area contributed by atoms with Crippen molar-refractivity contribution < 1.29 is 52.8 Å². The molecule has 0 radical (unpaired) electrons. The summed E-state index contributed by atoms with van der Waals surface area (Å²) in [6, 6.07) is 22.1. The third-order valence-corrected chi connectivity index (χ3v) is 10.1. The van der Waals surface area contributed by atoms with Crippen molar-refractivity contribution >= 4 is 0 Å². The quantitative estimate of drug-likeness (QED) is 0.117. The molecule has 0 bridgehead atoms. The van der Waals surface area contributed by atoms with Crippen LogP contribution >= 0.6 is 0 Å². The maximum absolute atomic E-state index is 11.1. The molecule has 0 aliphatic carbocycles. The van der Waals surface area contributed by atoms with E-state index in [9.17, 15) is 10.2 Å². The summed E-state index contributed by atoms with van der Waals surface area (Å²) in [6.07, 6.45) is -3.49. The van der Waals surface area contributed by atoms with E-state index in [1.165, 1.54) is 0 Å². The molecular weight excluding hydrogens is 680 g/mol. The van der Waals surface area contributed by atoms with Crippen molar-refractivity contribution in [3.8, 4) is 46.0 Å². The zero-order valence-corrected chi connectivity index (χ0v) is 32.1. The fourth-order valence-corrected chi connectivity index (χ4v) is 6.78. The van der Waals surface area contributed by atoms with Gasteiger partial charge in [0.1, 0.15) is 24.4 Å². The second-order valence-electron chi connectivity index (χ2n) is 13.3. The number of aliphatic hydroxyl groups excluding tert-OH is 2. The molecule has 1 aliphatic heterocycles. The third kappa shape index (κ3) is 8.38. The van der Waals surface area contributed by atoms with Crippen LogP contribution in [0, 0.1) is 11.8 Å². The molecule has 1 fully saturated rings. The summed E-state index contributed by atoms with van der Waals surface area (Å²) in [5.74, 6) is 4.62. The van der Waals surface area contributed by atoms with Gasteiger partial charge in [0, 0.05) is 0 Å². The Hall–Kier alpha value is -4.84. The number of methoxy groups -OCH3 is 6. The van der Waals surface area contributed by atoms with Crippen LogP contribution < -0.4 is 37.9 Å². The number of hydrogen-bond donors (Lipinski definition) is 2. The largest absolute Gasteiger partial charge is 0.493 e. The van der Waals surface area contributed by atoms with Gasteiger partial charge in [-0.1, -0.05) is 38.1 Å². The van der Waals surface area contributed by atoms with Gasteiger partial charge in [-0.25, -0.2) is 0 Å². The normalized spacial score (nSPS) is 20.5. The van der Waals surface area contributed by atoms with Gasteiger partial charge in [-0.3, -0.25) is 0 Å². The smallest absolute Gasteiger partial charge is 0.161 e.